The first-order valence-corrected chi connectivity index (χ1v) is 6.34. The molecule has 0 heterocycles. The number of phenolic OH excluding ortho intramolecular Hbond substituents is 1. The molecule has 0 radical (unpaired) electrons. The lowest BCUT2D eigenvalue weighted by Gasteiger charge is -2.10. The highest BCUT2D eigenvalue weighted by Crippen LogP contribution is 2.24. The second-order valence-corrected chi connectivity index (χ2v) is 4.56. The molecule has 0 bridgehead atoms. The van der Waals surface area contributed by atoms with Gasteiger partial charge in [-0.25, -0.2) is 0 Å². The van der Waals surface area contributed by atoms with E-state index >= 15 is 0 Å². The number of aromatic hydroxyl groups is 1. The molecule has 21 heavy (non-hydrogen) atoms. The van der Waals surface area contributed by atoms with E-state index in [9.17, 15) is 0 Å². The number of phenols is 1. The van der Waals surface area contributed by atoms with Crippen LogP contribution in [0.5, 0.6) is 11.5 Å². The molecule has 1 atom stereocenters. The SMILES string of the molecule is CC(O)Oc1ccc(N)cc1N.Cc1ccc(N)cc1O. The minimum absolute atomic E-state index is 0.259. The van der Waals surface area contributed by atoms with Gasteiger partial charge in [-0.05, 0) is 43.7 Å². The summed E-state index contributed by atoms with van der Waals surface area (Å²) in [6.07, 6.45) is -0.865. The van der Waals surface area contributed by atoms with Crippen molar-refractivity contribution < 1.29 is 14.9 Å². The Bertz CT molecular complexity index is 601. The molecule has 0 aliphatic carbocycles. The van der Waals surface area contributed by atoms with Gasteiger partial charge in [-0.15, -0.1) is 0 Å². The number of aryl methyl sites for hydroxylation is 1. The standard InChI is InChI=1S/C8H12N2O2.C7H9NO/c1-5(11)12-8-3-2-6(9)4-7(8)10;1-5-2-3-6(8)4-7(5)9/h2-5,11H,9-10H2,1H3;2-4,9H,8H2,1H3. The fourth-order valence-electron chi connectivity index (χ4n) is 1.48. The average Bonchev–Trinajstić information content (AvgIpc) is 2.38. The number of nitrogens with two attached hydrogens (primary N) is 3. The summed E-state index contributed by atoms with van der Waals surface area (Å²) < 4.78 is 4.97. The molecule has 1 unspecified atom stereocenters. The number of aliphatic hydroxyl groups is 1. The Morgan fingerprint density at radius 2 is 1.57 bits per heavy atom. The molecule has 0 aliphatic heterocycles. The van der Waals surface area contributed by atoms with E-state index in [0.717, 1.165) is 5.56 Å². The Hall–Kier alpha value is -2.60. The first-order chi connectivity index (χ1) is 9.79. The number of hydrogen-bond donors (Lipinski definition) is 5. The van der Waals surface area contributed by atoms with Crippen molar-refractivity contribution in [2.75, 3.05) is 17.2 Å². The van der Waals surface area contributed by atoms with Crippen LogP contribution < -0.4 is 21.9 Å². The smallest absolute Gasteiger partial charge is 0.194 e. The van der Waals surface area contributed by atoms with Crippen LogP contribution in [0.3, 0.4) is 0 Å². The zero-order chi connectivity index (χ0) is 16.0. The topological polar surface area (TPSA) is 128 Å². The normalized spacial score (nSPS) is 11.2. The minimum atomic E-state index is -0.865. The Morgan fingerprint density at radius 1 is 1.00 bits per heavy atom. The maximum Gasteiger partial charge on any atom is 0.194 e. The van der Waals surface area contributed by atoms with Crippen LogP contribution in [-0.4, -0.2) is 16.5 Å². The van der Waals surface area contributed by atoms with Crippen LogP contribution in [0.4, 0.5) is 17.1 Å². The highest BCUT2D eigenvalue weighted by Gasteiger charge is 2.02. The van der Waals surface area contributed by atoms with E-state index in [-0.39, 0.29) is 5.75 Å². The number of aliphatic hydroxyl groups excluding tert-OH is 1. The maximum atomic E-state index is 9.02. The van der Waals surface area contributed by atoms with Crippen LogP contribution in [-0.2, 0) is 0 Å². The van der Waals surface area contributed by atoms with Crippen LogP contribution in [0.1, 0.15) is 12.5 Å². The predicted octanol–water partition coefficient (Wildman–Crippen LogP) is 1.85. The van der Waals surface area contributed by atoms with Crippen LogP contribution in [0.25, 0.3) is 0 Å². The predicted molar refractivity (Wildman–Crippen MR) is 84.8 cm³/mol. The summed E-state index contributed by atoms with van der Waals surface area (Å²) in [5, 5.41) is 17.9. The zero-order valence-corrected chi connectivity index (χ0v) is 12.1. The summed E-state index contributed by atoms with van der Waals surface area (Å²) in [5.74, 6) is 0.703. The number of benzene rings is 2. The molecule has 6 nitrogen and oxygen atoms in total. The summed E-state index contributed by atoms with van der Waals surface area (Å²) in [4.78, 5) is 0. The minimum Gasteiger partial charge on any atom is -0.508 e. The van der Waals surface area contributed by atoms with Crippen molar-refractivity contribution in [3.8, 4) is 11.5 Å². The molecule has 0 amide bonds. The Labute approximate surface area is 123 Å². The first-order valence-electron chi connectivity index (χ1n) is 6.34. The third-order valence-corrected chi connectivity index (χ3v) is 2.56. The van der Waals surface area contributed by atoms with Gasteiger partial charge in [0.15, 0.2) is 6.29 Å². The highest BCUT2D eigenvalue weighted by atomic mass is 16.6. The molecule has 0 aliphatic rings. The molecule has 2 aromatic rings. The third-order valence-electron chi connectivity index (χ3n) is 2.56. The Kier molecular flexibility index (Phi) is 5.68. The van der Waals surface area contributed by atoms with Gasteiger partial charge in [-0.2, -0.15) is 0 Å². The molecule has 8 N–H and O–H groups in total. The molecule has 0 spiro atoms. The highest BCUT2D eigenvalue weighted by molar-refractivity contribution is 5.60. The largest absolute Gasteiger partial charge is 0.508 e. The van der Waals surface area contributed by atoms with Crippen molar-refractivity contribution in [3.63, 3.8) is 0 Å². The molecule has 0 saturated carbocycles. The van der Waals surface area contributed by atoms with Crippen molar-refractivity contribution in [2.24, 2.45) is 0 Å². The Balaban J connectivity index is 0.000000219. The fourth-order valence-corrected chi connectivity index (χ4v) is 1.48. The molecule has 0 saturated heterocycles. The molecule has 6 heteroatoms. The van der Waals surface area contributed by atoms with Crippen molar-refractivity contribution in [1.82, 2.24) is 0 Å². The van der Waals surface area contributed by atoms with E-state index in [1.165, 1.54) is 13.0 Å². The van der Waals surface area contributed by atoms with Crippen LogP contribution in [0, 0.1) is 6.92 Å². The van der Waals surface area contributed by atoms with Crippen LogP contribution >= 0.6 is 0 Å². The van der Waals surface area contributed by atoms with E-state index in [1.54, 1.807) is 30.3 Å². The van der Waals surface area contributed by atoms with Gasteiger partial charge in [0.25, 0.3) is 0 Å². The van der Waals surface area contributed by atoms with Gasteiger partial charge in [-0.1, -0.05) is 6.07 Å². The van der Waals surface area contributed by atoms with Gasteiger partial charge in [0.2, 0.25) is 0 Å². The van der Waals surface area contributed by atoms with E-state index < -0.39 is 6.29 Å². The second kappa shape index (κ2) is 7.25. The van der Waals surface area contributed by atoms with Gasteiger partial charge in [0, 0.05) is 17.4 Å². The molecule has 114 valence electrons. The van der Waals surface area contributed by atoms with Crippen molar-refractivity contribution in [2.45, 2.75) is 20.1 Å². The lowest BCUT2D eigenvalue weighted by atomic mass is 10.2. The lowest BCUT2D eigenvalue weighted by Crippen LogP contribution is -2.10. The number of rotatable bonds is 2. The van der Waals surface area contributed by atoms with Gasteiger partial charge in [0.05, 0.1) is 5.69 Å². The summed E-state index contributed by atoms with van der Waals surface area (Å²) >= 11 is 0. The molecular formula is C15H21N3O3. The molecular weight excluding hydrogens is 270 g/mol. The van der Waals surface area contributed by atoms with Gasteiger partial charge < -0.3 is 32.2 Å². The Morgan fingerprint density at radius 3 is 2.05 bits per heavy atom. The van der Waals surface area contributed by atoms with Gasteiger partial charge in [-0.3, -0.25) is 0 Å². The van der Waals surface area contributed by atoms with Crippen molar-refractivity contribution in [1.29, 1.82) is 0 Å². The van der Waals surface area contributed by atoms with E-state index in [4.69, 9.17) is 32.2 Å². The molecule has 0 aromatic heterocycles. The van der Waals surface area contributed by atoms with Crippen molar-refractivity contribution >= 4 is 17.1 Å². The van der Waals surface area contributed by atoms with Crippen molar-refractivity contribution in [3.05, 3.63) is 42.0 Å². The quantitative estimate of drug-likeness (QED) is 0.424. The summed E-state index contributed by atoms with van der Waals surface area (Å²) in [5.41, 5.74) is 18.8. The van der Waals surface area contributed by atoms with Gasteiger partial charge in [0.1, 0.15) is 11.5 Å². The number of ether oxygens (including phenoxy) is 1. The summed E-state index contributed by atoms with van der Waals surface area (Å²) in [6, 6.07) is 9.94. The maximum absolute atomic E-state index is 9.02. The summed E-state index contributed by atoms with van der Waals surface area (Å²) in [6.45, 7) is 3.34. The lowest BCUT2D eigenvalue weighted by molar-refractivity contribution is 0.000282. The number of hydrogen-bond acceptors (Lipinski definition) is 6. The monoisotopic (exact) mass is 291 g/mol. The average molecular weight is 291 g/mol. The third kappa shape index (κ3) is 5.50. The van der Waals surface area contributed by atoms with Crippen LogP contribution in [0.2, 0.25) is 0 Å². The zero-order valence-electron chi connectivity index (χ0n) is 12.1. The molecule has 0 fully saturated rings. The van der Waals surface area contributed by atoms with Crippen LogP contribution in [0.15, 0.2) is 36.4 Å². The number of nitrogen functional groups attached to an aromatic ring is 3. The van der Waals surface area contributed by atoms with E-state index in [0.29, 0.717) is 22.8 Å². The van der Waals surface area contributed by atoms with E-state index in [2.05, 4.69) is 0 Å². The van der Waals surface area contributed by atoms with Gasteiger partial charge >= 0.3 is 0 Å². The second-order valence-electron chi connectivity index (χ2n) is 4.56. The first kappa shape index (κ1) is 16.5. The number of anilines is 3. The molecule has 2 rings (SSSR count). The fraction of sp³-hybridized carbons (Fsp3) is 0.200. The summed E-state index contributed by atoms with van der Waals surface area (Å²) in [7, 11) is 0. The van der Waals surface area contributed by atoms with E-state index in [1.807, 2.05) is 6.92 Å². The molecule has 2 aromatic carbocycles.